The van der Waals surface area contributed by atoms with Crippen molar-refractivity contribution >= 4 is 33.6 Å². The fourth-order valence-electron chi connectivity index (χ4n) is 3.14. The SMILES string of the molecule is CCC[C@@H](NC(=O)COc1ccc2c(oc(=O)c3ccccc32)c1C)C(=O)O. The van der Waals surface area contributed by atoms with Crippen LogP contribution in [0.1, 0.15) is 25.3 Å². The third kappa shape index (κ3) is 3.83. The molecule has 28 heavy (non-hydrogen) atoms. The highest BCUT2D eigenvalue weighted by atomic mass is 16.5. The number of rotatable bonds is 7. The summed E-state index contributed by atoms with van der Waals surface area (Å²) in [4.78, 5) is 35.4. The summed E-state index contributed by atoms with van der Waals surface area (Å²) in [6, 6.07) is 9.72. The highest BCUT2D eigenvalue weighted by Gasteiger charge is 2.19. The van der Waals surface area contributed by atoms with Crippen LogP contribution in [0.2, 0.25) is 0 Å². The number of ether oxygens (including phenoxy) is 1. The zero-order valence-corrected chi connectivity index (χ0v) is 15.7. The monoisotopic (exact) mass is 383 g/mol. The summed E-state index contributed by atoms with van der Waals surface area (Å²) in [6.45, 7) is 3.25. The maximum absolute atomic E-state index is 12.2. The van der Waals surface area contributed by atoms with E-state index in [1.807, 2.05) is 19.1 Å². The van der Waals surface area contributed by atoms with E-state index >= 15 is 0 Å². The highest BCUT2D eigenvalue weighted by Crippen LogP contribution is 2.30. The Hall–Kier alpha value is -3.35. The summed E-state index contributed by atoms with van der Waals surface area (Å²) in [5, 5.41) is 13.6. The Balaban J connectivity index is 1.84. The molecule has 3 rings (SSSR count). The van der Waals surface area contributed by atoms with Gasteiger partial charge >= 0.3 is 11.6 Å². The molecule has 3 aromatic rings. The van der Waals surface area contributed by atoms with Gasteiger partial charge in [-0.2, -0.15) is 0 Å². The maximum atomic E-state index is 12.2. The van der Waals surface area contributed by atoms with E-state index in [2.05, 4.69) is 5.32 Å². The van der Waals surface area contributed by atoms with E-state index in [9.17, 15) is 14.4 Å². The largest absolute Gasteiger partial charge is 0.483 e. The smallest absolute Gasteiger partial charge is 0.344 e. The standard InChI is InChI=1S/C21H21NO6/c1-3-6-16(20(24)25)22-18(23)11-27-17-10-9-14-13-7-4-5-8-15(13)21(26)28-19(14)12(17)2/h4-5,7-10,16H,3,6,11H2,1-2H3,(H,22,23)(H,24,25)/t16-/m1/s1. The van der Waals surface area contributed by atoms with Gasteiger partial charge in [0.05, 0.1) is 5.39 Å². The number of carbonyl (C=O) groups is 2. The lowest BCUT2D eigenvalue weighted by Gasteiger charge is -2.15. The zero-order chi connectivity index (χ0) is 20.3. The van der Waals surface area contributed by atoms with Crippen LogP contribution in [0.25, 0.3) is 21.7 Å². The van der Waals surface area contributed by atoms with Crippen molar-refractivity contribution in [3.05, 3.63) is 52.4 Å². The van der Waals surface area contributed by atoms with Gasteiger partial charge in [-0.3, -0.25) is 4.79 Å². The molecule has 1 aromatic heterocycles. The number of aryl methyl sites for hydroxylation is 1. The molecule has 1 heterocycles. The molecule has 2 N–H and O–H groups in total. The van der Waals surface area contributed by atoms with Crippen LogP contribution in [-0.4, -0.2) is 29.6 Å². The van der Waals surface area contributed by atoms with Crippen LogP contribution in [0.3, 0.4) is 0 Å². The van der Waals surface area contributed by atoms with E-state index in [1.54, 1.807) is 31.2 Å². The van der Waals surface area contributed by atoms with Gasteiger partial charge in [0.1, 0.15) is 17.4 Å². The molecule has 0 fully saturated rings. The number of nitrogens with one attached hydrogen (secondary N) is 1. The van der Waals surface area contributed by atoms with Crippen molar-refractivity contribution in [2.75, 3.05) is 6.61 Å². The van der Waals surface area contributed by atoms with Gasteiger partial charge in [0, 0.05) is 10.9 Å². The Bertz CT molecular complexity index is 1100. The van der Waals surface area contributed by atoms with Crippen LogP contribution in [0.5, 0.6) is 5.75 Å². The van der Waals surface area contributed by atoms with Gasteiger partial charge in [-0.05, 0) is 36.9 Å². The summed E-state index contributed by atoms with van der Waals surface area (Å²) in [5.41, 5.74) is 0.553. The fraction of sp³-hybridized carbons (Fsp3) is 0.286. The van der Waals surface area contributed by atoms with Crippen LogP contribution in [0.4, 0.5) is 0 Å². The molecule has 0 radical (unpaired) electrons. The van der Waals surface area contributed by atoms with E-state index in [1.165, 1.54) is 0 Å². The second-order valence-corrected chi connectivity index (χ2v) is 6.54. The number of carboxylic acids is 1. The predicted octanol–water partition coefficient (Wildman–Crippen LogP) is 3.00. The molecule has 0 aliphatic heterocycles. The second-order valence-electron chi connectivity index (χ2n) is 6.54. The number of fused-ring (bicyclic) bond motifs is 3. The van der Waals surface area contributed by atoms with Crippen molar-refractivity contribution < 1.29 is 23.8 Å². The molecule has 0 saturated heterocycles. The van der Waals surface area contributed by atoms with Gasteiger partial charge in [-0.1, -0.05) is 31.5 Å². The highest BCUT2D eigenvalue weighted by molar-refractivity contribution is 6.05. The molecule has 1 atom stereocenters. The minimum atomic E-state index is -1.08. The molecule has 0 bridgehead atoms. The average molecular weight is 383 g/mol. The van der Waals surface area contributed by atoms with Gasteiger partial charge < -0.3 is 19.6 Å². The molecule has 0 aliphatic rings. The molecule has 0 unspecified atom stereocenters. The van der Waals surface area contributed by atoms with E-state index in [0.717, 1.165) is 10.8 Å². The van der Waals surface area contributed by atoms with Crippen LogP contribution >= 0.6 is 0 Å². The zero-order valence-electron chi connectivity index (χ0n) is 15.7. The van der Waals surface area contributed by atoms with Crippen molar-refractivity contribution in [3.8, 4) is 5.75 Å². The Kier molecular flexibility index (Phi) is 5.63. The second kappa shape index (κ2) is 8.12. The van der Waals surface area contributed by atoms with Gasteiger partial charge in [0.2, 0.25) is 0 Å². The van der Waals surface area contributed by atoms with Crippen LogP contribution in [0.15, 0.2) is 45.6 Å². The number of amides is 1. The van der Waals surface area contributed by atoms with Gasteiger partial charge in [0.15, 0.2) is 6.61 Å². The lowest BCUT2D eigenvalue weighted by molar-refractivity contribution is -0.142. The van der Waals surface area contributed by atoms with Crippen LogP contribution < -0.4 is 15.7 Å². The average Bonchev–Trinajstić information content (AvgIpc) is 2.68. The molecule has 146 valence electrons. The Labute approximate surface area is 160 Å². The first-order valence-corrected chi connectivity index (χ1v) is 9.02. The molecule has 1 amide bonds. The number of benzene rings is 2. The quantitative estimate of drug-likeness (QED) is 0.480. The fourth-order valence-corrected chi connectivity index (χ4v) is 3.14. The lowest BCUT2D eigenvalue weighted by atomic mass is 10.0. The van der Waals surface area contributed by atoms with E-state index in [-0.39, 0.29) is 6.61 Å². The maximum Gasteiger partial charge on any atom is 0.344 e. The topological polar surface area (TPSA) is 106 Å². The summed E-state index contributed by atoms with van der Waals surface area (Å²) in [6.07, 6.45) is 0.975. The van der Waals surface area contributed by atoms with Crippen LogP contribution in [-0.2, 0) is 9.59 Å². The van der Waals surface area contributed by atoms with Crippen molar-refractivity contribution in [1.82, 2.24) is 5.32 Å². The summed E-state index contributed by atoms with van der Waals surface area (Å²) in [7, 11) is 0. The van der Waals surface area contributed by atoms with Gasteiger partial charge in [0.25, 0.3) is 5.91 Å². The van der Waals surface area contributed by atoms with E-state index in [0.29, 0.717) is 35.1 Å². The number of carboxylic acid groups (broad SMARTS) is 1. The van der Waals surface area contributed by atoms with Crippen LogP contribution in [0, 0.1) is 6.92 Å². The van der Waals surface area contributed by atoms with E-state index in [4.69, 9.17) is 14.3 Å². The third-order valence-electron chi connectivity index (χ3n) is 4.56. The molecule has 2 aromatic carbocycles. The molecule has 0 aliphatic carbocycles. The number of aliphatic carboxylic acids is 1. The summed E-state index contributed by atoms with van der Waals surface area (Å²) in [5.74, 6) is -1.21. The number of carbonyl (C=O) groups excluding carboxylic acids is 1. The molecule has 7 heteroatoms. The minimum Gasteiger partial charge on any atom is -0.483 e. The molecule has 0 spiro atoms. The third-order valence-corrected chi connectivity index (χ3v) is 4.56. The summed E-state index contributed by atoms with van der Waals surface area (Å²) < 4.78 is 11.0. The normalized spacial score (nSPS) is 12.1. The first-order valence-electron chi connectivity index (χ1n) is 9.02. The van der Waals surface area contributed by atoms with Crippen molar-refractivity contribution in [3.63, 3.8) is 0 Å². The number of hydrogen-bond acceptors (Lipinski definition) is 5. The Morgan fingerprint density at radius 2 is 1.86 bits per heavy atom. The molecular formula is C21H21NO6. The molecular weight excluding hydrogens is 362 g/mol. The summed E-state index contributed by atoms with van der Waals surface area (Å²) >= 11 is 0. The molecule has 0 saturated carbocycles. The van der Waals surface area contributed by atoms with E-state index < -0.39 is 23.5 Å². The Morgan fingerprint density at radius 3 is 2.54 bits per heavy atom. The first kappa shape index (κ1) is 19.4. The van der Waals surface area contributed by atoms with Crippen molar-refractivity contribution in [1.29, 1.82) is 0 Å². The predicted molar refractivity (Wildman–Crippen MR) is 105 cm³/mol. The molecule has 7 nitrogen and oxygen atoms in total. The Morgan fingerprint density at radius 1 is 1.14 bits per heavy atom. The minimum absolute atomic E-state index is 0.336. The van der Waals surface area contributed by atoms with Gasteiger partial charge in [-0.15, -0.1) is 0 Å². The first-order chi connectivity index (χ1) is 13.4. The lowest BCUT2D eigenvalue weighted by Crippen LogP contribution is -2.42. The number of hydrogen-bond donors (Lipinski definition) is 2. The van der Waals surface area contributed by atoms with Crippen molar-refractivity contribution in [2.24, 2.45) is 0 Å². The van der Waals surface area contributed by atoms with Gasteiger partial charge in [-0.25, -0.2) is 9.59 Å². The van der Waals surface area contributed by atoms with Crippen molar-refractivity contribution in [2.45, 2.75) is 32.7 Å².